The molecule has 2 N–H and O–H groups in total. The van der Waals surface area contributed by atoms with E-state index in [9.17, 15) is 0 Å². The van der Waals surface area contributed by atoms with Gasteiger partial charge in [0.25, 0.3) is 0 Å². The fraction of sp³-hybridized carbons (Fsp3) is 0.304. The number of nitrogens with one attached hydrogen (secondary N) is 2. The highest BCUT2D eigenvalue weighted by Gasteiger charge is 2.43. The lowest BCUT2D eigenvalue weighted by molar-refractivity contribution is 0.646. The van der Waals surface area contributed by atoms with E-state index >= 15 is 0 Å². The van der Waals surface area contributed by atoms with Gasteiger partial charge in [-0.05, 0) is 37.0 Å². The second-order valence-corrected chi connectivity index (χ2v) is 7.29. The van der Waals surface area contributed by atoms with Crippen LogP contribution in [0.25, 0.3) is 5.69 Å². The molecule has 2 aromatic carbocycles. The number of hydrogen-bond donors (Lipinski definition) is 2. The maximum Gasteiger partial charge on any atom is 0.191 e. The van der Waals surface area contributed by atoms with Gasteiger partial charge in [-0.3, -0.25) is 0 Å². The van der Waals surface area contributed by atoms with Gasteiger partial charge in [0.1, 0.15) is 0 Å². The average molecular weight is 374 g/mol. The number of aromatic nitrogens is 2. The van der Waals surface area contributed by atoms with Crippen LogP contribution in [-0.4, -0.2) is 28.6 Å². The highest BCUT2D eigenvalue weighted by molar-refractivity contribution is 5.80. The monoisotopic (exact) mass is 373 g/mol. The molecule has 144 valence electrons. The van der Waals surface area contributed by atoms with Crippen molar-refractivity contribution in [3.05, 3.63) is 84.4 Å². The van der Waals surface area contributed by atoms with Gasteiger partial charge in [-0.15, -0.1) is 0 Å². The van der Waals surface area contributed by atoms with Crippen LogP contribution in [0.5, 0.6) is 0 Å². The van der Waals surface area contributed by atoms with Gasteiger partial charge in [-0.2, -0.15) is 0 Å². The second-order valence-electron chi connectivity index (χ2n) is 7.29. The molecule has 1 aromatic heterocycles. The molecule has 0 unspecified atom stereocenters. The van der Waals surface area contributed by atoms with Crippen molar-refractivity contribution in [2.45, 2.75) is 31.7 Å². The molecule has 5 nitrogen and oxygen atoms in total. The van der Waals surface area contributed by atoms with Gasteiger partial charge in [-0.1, -0.05) is 48.5 Å². The smallest absolute Gasteiger partial charge is 0.191 e. The van der Waals surface area contributed by atoms with E-state index in [0.29, 0.717) is 6.54 Å². The first-order chi connectivity index (χ1) is 13.8. The van der Waals surface area contributed by atoms with Crippen LogP contribution in [0, 0.1) is 0 Å². The van der Waals surface area contributed by atoms with E-state index in [1.807, 2.05) is 23.2 Å². The van der Waals surface area contributed by atoms with Crippen molar-refractivity contribution in [3.8, 4) is 5.69 Å². The number of benzene rings is 2. The number of rotatable bonds is 7. The second kappa shape index (κ2) is 8.30. The molecule has 0 bridgehead atoms. The number of imidazole rings is 1. The normalized spacial score (nSPS) is 15.2. The zero-order chi connectivity index (χ0) is 19.2. The van der Waals surface area contributed by atoms with E-state index in [1.54, 1.807) is 6.20 Å². The third-order valence-corrected chi connectivity index (χ3v) is 5.36. The molecule has 3 aromatic rings. The van der Waals surface area contributed by atoms with Crippen LogP contribution >= 0.6 is 0 Å². The lowest BCUT2D eigenvalue weighted by Crippen LogP contribution is -2.41. The van der Waals surface area contributed by atoms with E-state index in [4.69, 9.17) is 4.99 Å². The first kappa shape index (κ1) is 18.3. The van der Waals surface area contributed by atoms with Gasteiger partial charge >= 0.3 is 0 Å². The Morgan fingerprint density at radius 1 is 1.07 bits per heavy atom. The summed E-state index contributed by atoms with van der Waals surface area (Å²) in [6.07, 6.45) is 8.04. The van der Waals surface area contributed by atoms with Crippen molar-refractivity contribution in [2.75, 3.05) is 13.1 Å². The quantitative estimate of drug-likeness (QED) is 0.491. The maximum absolute atomic E-state index is 4.84. The Kier molecular flexibility index (Phi) is 5.42. The molecule has 0 atom stereocenters. The van der Waals surface area contributed by atoms with Gasteiger partial charge in [0.05, 0.1) is 18.6 Å². The summed E-state index contributed by atoms with van der Waals surface area (Å²) in [5.41, 5.74) is 3.96. The molecule has 1 aliphatic carbocycles. The van der Waals surface area contributed by atoms with Crippen LogP contribution in [0.4, 0.5) is 0 Å². The van der Waals surface area contributed by atoms with Crippen LogP contribution in [0.1, 0.15) is 30.9 Å². The molecular formula is C23H27N5. The molecule has 5 heteroatoms. The van der Waals surface area contributed by atoms with Crippen LogP contribution in [-0.2, 0) is 12.0 Å². The molecule has 0 aliphatic heterocycles. The summed E-state index contributed by atoms with van der Waals surface area (Å²) in [7, 11) is 0. The minimum absolute atomic E-state index is 0.256. The highest BCUT2D eigenvalue weighted by atomic mass is 15.2. The number of nitrogens with zero attached hydrogens (tertiary/aromatic N) is 3. The molecule has 0 saturated heterocycles. The zero-order valence-corrected chi connectivity index (χ0v) is 16.3. The summed E-state index contributed by atoms with van der Waals surface area (Å²) in [6.45, 7) is 4.46. The number of aliphatic imine (C=N–C) groups is 1. The summed E-state index contributed by atoms with van der Waals surface area (Å²) in [6, 6.07) is 19.1. The third kappa shape index (κ3) is 4.09. The Morgan fingerprint density at radius 3 is 2.57 bits per heavy atom. The summed E-state index contributed by atoms with van der Waals surface area (Å²) in [4.78, 5) is 9.00. The van der Waals surface area contributed by atoms with E-state index in [2.05, 4.69) is 71.1 Å². The summed E-state index contributed by atoms with van der Waals surface area (Å²) in [5.74, 6) is 0.866. The maximum atomic E-state index is 4.84. The van der Waals surface area contributed by atoms with Gasteiger partial charge < -0.3 is 15.2 Å². The van der Waals surface area contributed by atoms with Gasteiger partial charge in [0.15, 0.2) is 5.96 Å². The molecule has 0 amide bonds. The number of para-hydroxylation sites is 1. The summed E-state index contributed by atoms with van der Waals surface area (Å²) >= 11 is 0. The Morgan fingerprint density at radius 2 is 1.86 bits per heavy atom. The molecule has 0 radical (unpaired) electrons. The zero-order valence-electron chi connectivity index (χ0n) is 16.3. The van der Waals surface area contributed by atoms with E-state index in [1.165, 1.54) is 24.0 Å². The van der Waals surface area contributed by atoms with E-state index in [0.717, 1.165) is 24.7 Å². The van der Waals surface area contributed by atoms with E-state index < -0.39 is 0 Å². The fourth-order valence-electron chi connectivity index (χ4n) is 3.57. The minimum atomic E-state index is 0.256. The number of hydrogen-bond acceptors (Lipinski definition) is 2. The predicted octanol–water partition coefficient (Wildman–Crippen LogP) is 3.66. The molecule has 1 heterocycles. The summed E-state index contributed by atoms with van der Waals surface area (Å²) in [5, 5.41) is 6.94. The SMILES string of the molecule is CCNC(=NCc1ccccc1-n1ccnc1)NCC1(c2ccccc2)CC1. The largest absolute Gasteiger partial charge is 0.357 e. The Hall–Kier alpha value is -3.08. The Bertz CT molecular complexity index is 911. The molecule has 1 aliphatic rings. The molecule has 1 fully saturated rings. The predicted molar refractivity (Wildman–Crippen MR) is 114 cm³/mol. The van der Waals surface area contributed by atoms with Crippen molar-refractivity contribution in [2.24, 2.45) is 4.99 Å². The first-order valence-corrected chi connectivity index (χ1v) is 9.95. The van der Waals surface area contributed by atoms with Crippen LogP contribution in [0.3, 0.4) is 0 Å². The van der Waals surface area contributed by atoms with Crippen LogP contribution < -0.4 is 10.6 Å². The lowest BCUT2D eigenvalue weighted by Gasteiger charge is -2.19. The van der Waals surface area contributed by atoms with Crippen molar-refractivity contribution in [3.63, 3.8) is 0 Å². The first-order valence-electron chi connectivity index (χ1n) is 9.95. The molecule has 1 saturated carbocycles. The molecule has 0 spiro atoms. The van der Waals surface area contributed by atoms with Crippen molar-refractivity contribution < 1.29 is 0 Å². The highest BCUT2D eigenvalue weighted by Crippen LogP contribution is 2.47. The van der Waals surface area contributed by atoms with Crippen molar-refractivity contribution in [1.29, 1.82) is 0 Å². The average Bonchev–Trinajstić information content (AvgIpc) is 3.34. The lowest BCUT2D eigenvalue weighted by atomic mass is 9.96. The third-order valence-electron chi connectivity index (χ3n) is 5.36. The van der Waals surface area contributed by atoms with Gasteiger partial charge in [0.2, 0.25) is 0 Å². The standard InChI is InChI=1S/C23H27N5/c1-2-25-22(27-17-23(12-13-23)20-9-4-3-5-10-20)26-16-19-8-6-7-11-21(19)28-15-14-24-18-28/h3-11,14-15,18H,2,12-13,16-17H2,1H3,(H2,25,26,27). The van der Waals surface area contributed by atoms with Crippen molar-refractivity contribution in [1.82, 2.24) is 20.2 Å². The Balaban J connectivity index is 1.46. The van der Waals surface area contributed by atoms with E-state index in [-0.39, 0.29) is 5.41 Å². The van der Waals surface area contributed by atoms with Crippen LogP contribution in [0.15, 0.2) is 78.3 Å². The topological polar surface area (TPSA) is 54.2 Å². The molecular weight excluding hydrogens is 346 g/mol. The van der Waals surface area contributed by atoms with Crippen LogP contribution in [0.2, 0.25) is 0 Å². The number of guanidine groups is 1. The van der Waals surface area contributed by atoms with Gasteiger partial charge in [-0.25, -0.2) is 9.98 Å². The Labute approximate surface area is 166 Å². The summed E-state index contributed by atoms with van der Waals surface area (Å²) < 4.78 is 2.03. The molecule has 28 heavy (non-hydrogen) atoms. The fourth-order valence-corrected chi connectivity index (χ4v) is 3.57. The molecule has 4 rings (SSSR count). The minimum Gasteiger partial charge on any atom is -0.357 e. The van der Waals surface area contributed by atoms with Gasteiger partial charge in [0, 0.05) is 30.9 Å². The van der Waals surface area contributed by atoms with Crippen molar-refractivity contribution >= 4 is 5.96 Å².